The Morgan fingerprint density at radius 2 is 1.74 bits per heavy atom. The van der Waals surface area contributed by atoms with Crippen molar-refractivity contribution in [3.8, 4) is 22.8 Å². The van der Waals surface area contributed by atoms with Crippen molar-refractivity contribution in [1.29, 1.82) is 0 Å². The molecule has 2 aliphatic heterocycles. The number of likely N-dealkylation sites (tertiary alicyclic amines) is 1. The van der Waals surface area contributed by atoms with Gasteiger partial charge < -0.3 is 30.5 Å². The molecule has 39 heavy (non-hydrogen) atoms. The Morgan fingerprint density at radius 3 is 2.38 bits per heavy atom. The van der Waals surface area contributed by atoms with Gasteiger partial charge in [0, 0.05) is 24.6 Å². The van der Waals surface area contributed by atoms with Gasteiger partial charge in [-0.2, -0.15) is 5.10 Å². The van der Waals surface area contributed by atoms with E-state index < -0.39 is 23.7 Å². The number of nitrogens with zero attached hydrogens (tertiary/aromatic N) is 3. The highest BCUT2D eigenvalue weighted by atomic mass is 16.6. The average molecular weight is 534 g/mol. The van der Waals surface area contributed by atoms with E-state index in [0.717, 1.165) is 11.3 Å². The summed E-state index contributed by atoms with van der Waals surface area (Å²) < 4.78 is 13.2. The van der Waals surface area contributed by atoms with Crippen molar-refractivity contribution in [3.05, 3.63) is 60.2 Å². The van der Waals surface area contributed by atoms with E-state index in [0.29, 0.717) is 48.8 Å². The van der Waals surface area contributed by atoms with E-state index in [2.05, 4.69) is 5.32 Å². The van der Waals surface area contributed by atoms with Crippen LogP contribution in [-0.2, 0) is 4.74 Å². The van der Waals surface area contributed by atoms with E-state index in [1.165, 1.54) is 0 Å². The molecule has 10 heteroatoms. The monoisotopic (exact) mass is 533 g/mol. The van der Waals surface area contributed by atoms with Gasteiger partial charge in [-0.3, -0.25) is 4.79 Å². The first-order valence-electron chi connectivity index (χ1n) is 13.3. The molecule has 0 saturated carbocycles. The van der Waals surface area contributed by atoms with Gasteiger partial charge in [0.25, 0.3) is 5.91 Å². The lowest BCUT2D eigenvalue weighted by molar-refractivity contribution is -0.0253. The quantitative estimate of drug-likeness (QED) is 0.442. The summed E-state index contributed by atoms with van der Waals surface area (Å²) in [5.74, 6) is 1.21. The third kappa shape index (κ3) is 5.70. The zero-order valence-electron chi connectivity index (χ0n) is 22.5. The van der Waals surface area contributed by atoms with Crippen LogP contribution < -0.4 is 15.8 Å². The number of aromatic nitrogens is 2. The number of nitrogens with two attached hydrogens (primary N) is 1. The second-order valence-electron chi connectivity index (χ2n) is 11.0. The molecule has 3 heterocycles. The number of aliphatic hydroxyl groups is 1. The van der Waals surface area contributed by atoms with Gasteiger partial charge in [-0.05, 0) is 70.0 Å². The Kier molecular flexibility index (Phi) is 7.22. The first-order chi connectivity index (χ1) is 18.6. The fourth-order valence-corrected chi connectivity index (χ4v) is 5.33. The van der Waals surface area contributed by atoms with Gasteiger partial charge in [0.15, 0.2) is 0 Å². The normalized spacial score (nSPS) is 21.0. The summed E-state index contributed by atoms with van der Waals surface area (Å²) in [6, 6.07) is 16.7. The second-order valence-corrected chi connectivity index (χ2v) is 11.0. The zero-order chi connectivity index (χ0) is 27.7. The fraction of sp³-hybridized carbons (Fsp3) is 0.414. The number of carbonyl (C=O) groups is 2. The van der Waals surface area contributed by atoms with Crippen LogP contribution in [0.25, 0.3) is 11.3 Å². The largest absolute Gasteiger partial charge is 0.457 e. The summed E-state index contributed by atoms with van der Waals surface area (Å²) in [4.78, 5) is 26.7. The van der Waals surface area contributed by atoms with Crippen molar-refractivity contribution < 1.29 is 24.2 Å². The van der Waals surface area contributed by atoms with Crippen LogP contribution in [0.2, 0.25) is 0 Å². The van der Waals surface area contributed by atoms with Crippen LogP contribution in [0.3, 0.4) is 0 Å². The summed E-state index contributed by atoms with van der Waals surface area (Å²) >= 11 is 0. The number of amides is 2. The fourth-order valence-electron chi connectivity index (χ4n) is 5.33. The highest BCUT2D eigenvalue weighted by Crippen LogP contribution is 2.40. The van der Waals surface area contributed by atoms with Gasteiger partial charge in [-0.15, -0.1) is 0 Å². The van der Waals surface area contributed by atoms with Gasteiger partial charge in [0.1, 0.15) is 34.2 Å². The first kappa shape index (κ1) is 26.6. The SMILES string of the molecule is CC(C)(C)OC(=O)N1CC[C@@H](C2CCNc3c(C(N)=O)c(-c4ccc(Oc5ccccc5)cc4)nn32)[C@@H](O)C1. The molecule has 0 bridgehead atoms. The van der Waals surface area contributed by atoms with E-state index in [9.17, 15) is 14.7 Å². The van der Waals surface area contributed by atoms with Crippen LogP contribution in [0.1, 0.15) is 50.0 Å². The molecule has 1 unspecified atom stereocenters. The average Bonchev–Trinajstić information content (AvgIpc) is 3.29. The molecule has 0 spiro atoms. The van der Waals surface area contributed by atoms with Gasteiger partial charge >= 0.3 is 6.09 Å². The smallest absolute Gasteiger partial charge is 0.410 e. The molecule has 2 aromatic carbocycles. The third-order valence-corrected chi connectivity index (χ3v) is 7.09. The molecule has 5 rings (SSSR count). The number of piperidine rings is 1. The number of carbonyl (C=O) groups excluding carboxylic acids is 2. The van der Waals surface area contributed by atoms with Gasteiger partial charge in [0.2, 0.25) is 0 Å². The van der Waals surface area contributed by atoms with Crippen molar-refractivity contribution >= 4 is 17.8 Å². The Morgan fingerprint density at radius 1 is 1.05 bits per heavy atom. The number of fused-ring (bicyclic) bond motifs is 1. The molecule has 0 radical (unpaired) electrons. The highest BCUT2D eigenvalue weighted by molar-refractivity contribution is 6.03. The van der Waals surface area contributed by atoms with Gasteiger partial charge in [-0.25, -0.2) is 9.48 Å². The molecule has 2 amide bonds. The van der Waals surface area contributed by atoms with Crippen molar-refractivity contribution in [2.75, 3.05) is 25.0 Å². The van der Waals surface area contributed by atoms with E-state index in [1.54, 1.807) is 9.58 Å². The molecule has 206 valence electrons. The number of anilines is 1. The number of para-hydroxylation sites is 1. The van der Waals surface area contributed by atoms with Crippen LogP contribution in [0.15, 0.2) is 54.6 Å². The topological polar surface area (TPSA) is 132 Å². The van der Waals surface area contributed by atoms with Crippen molar-refractivity contribution in [1.82, 2.24) is 14.7 Å². The van der Waals surface area contributed by atoms with E-state index >= 15 is 0 Å². The van der Waals surface area contributed by atoms with Gasteiger partial charge in [-0.1, -0.05) is 18.2 Å². The number of ether oxygens (including phenoxy) is 2. The number of hydrogen-bond acceptors (Lipinski definition) is 7. The third-order valence-electron chi connectivity index (χ3n) is 7.09. The summed E-state index contributed by atoms with van der Waals surface area (Å²) in [6.45, 7) is 6.72. The lowest BCUT2D eigenvalue weighted by Gasteiger charge is -2.41. The number of β-amino-alcohol motifs (C(OH)–C–C–N with tert-alkyl or cyclic N) is 1. The molecule has 1 aromatic heterocycles. The number of rotatable bonds is 5. The summed E-state index contributed by atoms with van der Waals surface area (Å²) in [6.07, 6.45) is 0.103. The molecular formula is C29H35N5O5. The predicted octanol–water partition coefficient (Wildman–Crippen LogP) is 4.42. The van der Waals surface area contributed by atoms with E-state index in [-0.39, 0.29) is 18.5 Å². The van der Waals surface area contributed by atoms with E-state index in [4.69, 9.17) is 20.3 Å². The zero-order valence-corrected chi connectivity index (χ0v) is 22.5. The lowest BCUT2D eigenvalue weighted by Crippen LogP contribution is -2.50. The molecule has 1 fully saturated rings. The highest BCUT2D eigenvalue weighted by Gasteiger charge is 2.40. The second kappa shape index (κ2) is 10.6. The van der Waals surface area contributed by atoms with Crippen molar-refractivity contribution in [2.45, 2.75) is 51.4 Å². The maximum absolute atomic E-state index is 12.6. The Balaban J connectivity index is 1.38. The van der Waals surface area contributed by atoms with Crippen LogP contribution in [-0.4, -0.2) is 63.1 Å². The maximum atomic E-state index is 12.6. The molecule has 1 saturated heterocycles. The van der Waals surface area contributed by atoms with Crippen LogP contribution in [0.4, 0.5) is 10.6 Å². The summed E-state index contributed by atoms with van der Waals surface area (Å²) in [7, 11) is 0. The minimum absolute atomic E-state index is 0.153. The number of primary amides is 1. The van der Waals surface area contributed by atoms with E-state index in [1.807, 2.05) is 75.4 Å². The standard InChI is InChI=1S/C29H35N5O5/c1-29(2,3)39-28(37)33-16-14-21(23(35)17-33)22-13-15-31-27-24(26(30)36)25(32-34(22)27)18-9-11-20(12-10-18)38-19-7-5-4-6-8-19/h4-12,21-23,31,35H,13-17H2,1-3H3,(H2,30,36)/t21-,22?,23-/m0/s1. The van der Waals surface area contributed by atoms with Crippen LogP contribution >= 0.6 is 0 Å². The lowest BCUT2D eigenvalue weighted by atomic mass is 9.84. The van der Waals surface area contributed by atoms with Crippen molar-refractivity contribution in [3.63, 3.8) is 0 Å². The number of nitrogens with one attached hydrogen (secondary N) is 1. The minimum atomic E-state index is -0.763. The Hall–Kier alpha value is -4.05. The first-order valence-corrected chi connectivity index (χ1v) is 13.3. The molecule has 4 N–H and O–H groups in total. The van der Waals surface area contributed by atoms with Gasteiger partial charge in [0.05, 0.1) is 18.7 Å². The van der Waals surface area contributed by atoms with Crippen LogP contribution in [0, 0.1) is 5.92 Å². The Bertz CT molecular complexity index is 1330. The molecule has 2 aliphatic rings. The number of aliphatic hydroxyl groups excluding tert-OH is 1. The predicted molar refractivity (Wildman–Crippen MR) is 147 cm³/mol. The molecular weight excluding hydrogens is 498 g/mol. The molecule has 10 nitrogen and oxygen atoms in total. The molecule has 3 aromatic rings. The number of benzene rings is 2. The summed E-state index contributed by atoms with van der Waals surface area (Å²) in [5, 5.41) is 19.2. The molecule has 0 aliphatic carbocycles. The molecule has 3 atom stereocenters. The maximum Gasteiger partial charge on any atom is 0.410 e. The number of hydrogen-bond donors (Lipinski definition) is 3. The minimum Gasteiger partial charge on any atom is -0.457 e. The Labute approximate surface area is 227 Å². The van der Waals surface area contributed by atoms with Crippen molar-refractivity contribution in [2.24, 2.45) is 11.7 Å². The summed E-state index contributed by atoms with van der Waals surface area (Å²) in [5.41, 5.74) is 6.76. The van der Waals surface area contributed by atoms with Crippen LogP contribution in [0.5, 0.6) is 11.5 Å².